The maximum absolute atomic E-state index is 13.1. The van der Waals surface area contributed by atoms with Gasteiger partial charge in [-0.3, -0.25) is 14.6 Å². The van der Waals surface area contributed by atoms with Crippen LogP contribution in [0.25, 0.3) is 11.0 Å². The largest absolute Gasteiger partial charge is 0.348 e. The first-order valence-electron chi connectivity index (χ1n) is 11.5. The molecule has 7 nitrogen and oxygen atoms in total. The highest BCUT2D eigenvalue weighted by molar-refractivity contribution is 7.08. The Morgan fingerprint density at radius 3 is 2.85 bits per heavy atom. The van der Waals surface area contributed by atoms with E-state index in [2.05, 4.69) is 19.9 Å². The number of imidazole rings is 1. The summed E-state index contributed by atoms with van der Waals surface area (Å²) in [7, 11) is 0. The average Bonchev–Trinajstić information content (AvgIpc) is 3.49. The fourth-order valence-corrected chi connectivity index (χ4v) is 5.31. The third-order valence-electron chi connectivity index (χ3n) is 6.55. The van der Waals surface area contributed by atoms with Crippen molar-refractivity contribution >= 4 is 34.2 Å². The highest BCUT2D eigenvalue weighted by Gasteiger charge is 2.24. The van der Waals surface area contributed by atoms with Crippen molar-refractivity contribution < 1.29 is 9.59 Å². The molecule has 1 aromatic carbocycles. The van der Waals surface area contributed by atoms with Gasteiger partial charge >= 0.3 is 0 Å². The molecule has 8 heteroatoms. The van der Waals surface area contributed by atoms with Crippen LogP contribution in [-0.2, 0) is 30.8 Å². The van der Waals surface area contributed by atoms with Crippen LogP contribution in [-0.4, -0.2) is 37.8 Å². The minimum absolute atomic E-state index is 0.0758. The van der Waals surface area contributed by atoms with Gasteiger partial charge < -0.3 is 14.8 Å². The summed E-state index contributed by atoms with van der Waals surface area (Å²) < 4.78 is 2.12. The summed E-state index contributed by atoms with van der Waals surface area (Å²) >= 11 is 1.51. The Bertz CT molecular complexity index is 1360. The summed E-state index contributed by atoms with van der Waals surface area (Å²) in [4.78, 5) is 36.5. The van der Waals surface area contributed by atoms with E-state index in [1.807, 2.05) is 66.0 Å². The molecular weight excluding hydrogens is 446 g/mol. The van der Waals surface area contributed by atoms with E-state index in [0.29, 0.717) is 38.2 Å². The van der Waals surface area contributed by atoms with Crippen LogP contribution in [0.15, 0.2) is 47.3 Å². The molecule has 0 saturated heterocycles. The lowest BCUT2D eigenvalue weighted by atomic mass is 9.94. The summed E-state index contributed by atoms with van der Waals surface area (Å²) in [6.45, 7) is 6.23. The number of thiophene rings is 1. The SMILES string of the molecule is Cc1ncc2c(c1CNC(=O)c1ccsc1)CCN(C(=O)CCn1c(C)nc3ccccc31)C2. The van der Waals surface area contributed by atoms with E-state index < -0.39 is 0 Å². The fourth-order valence-electron chi connectivity index (χ4n) is 4.68. The number of hydrogen-bond donors (Lipinski definition) is 1. The van der Waals surface area contributed by atoms with E-state index in [4.69, 9.17) is 0 Å². The van der Waals surface area contributed by atoms with Gasteiger partial charge in [-0.15, -0.1) is 0 Å². The number of benzene rings is 1. The Labute approximate surface area is 202 Å². The molecule has 2 amide bonds. The second-order valence-electron chi connectivity index (χ2n) is 8.64. The Balaban J connectivity index is 1.25. The number of carbonyl (C=O) groups is 2. The lowest BCUT2D eigenvalue weighted by Gasteiger charge is -2.30. The van der Waals surface area contributed by atoms with E-state index in [1.54, 1.807) is 0 Å². The number of fused-ring (bicyclic) bond motifs is 2. The first kappa shape index (κ1) is 22.3. The highest BCUT2D eigenvalue weighted by atomic mass is 32.1. The van der Waals surface area contributed by atoms with E-state index >= 15 is 0 Å². The van der Waals surface area contributed by atoms with Crippen LogP contribution >= 0.6 is 11.3 Å². The third-order valence-corrected chi connectivity index (χ3v) is 7.24. The monoisotopic (exact) mass is 473 g/mol. The van der Waals surface area contributed by atoms with Crippen LogP contribution in [0.3, 0.4) is 0 Å². The van der Waals surface area contributed by atoms with Crippen molar-refractivity contribution in [3.05, 3.63) is 81.1 Å². The first-order chi connectivity index (χ1) is 16.5. The predicted molar refractivity (Wildman–Crippen MR) is 133 cm³/mol. The van der Waals surface area contributed by atoms with E-state index in [1.165, 1.54) is 16.9 Å². The second kappa shape index (κ2) is 9.38. The molecule has 0 aliphatic carbocycles. The molecule has 0 spiro atoms. The molecule has 4 aromatic rings. The molecular formula is C26H27N5O2S. The Kier molecular flexibility index (Phi) is 6.15. The van der Waals surface area contributed by atoms with Crippen LogP contribution in [0.4, 0.5) is 0 Å². The Morgan fingerprint density at radius 1 is 1.18 bits per heavy atom. The normalized spacial score (nSPS) is 13.2. The summed E-state index contributed by atoms with van der Waals surface area (Å²) in [5.41, 5.74) is 6.95. The van der Waals surface area contributed by atoms with Gasteiger partial charge in [0.2, 0.25) is 5.91 Å². The molecule has 3 aromatic heterocycles. The zero-order valence-electron chi connectivity index (χ0n) is 19.4. The lowest BCUT2D eigenvalue weighted by Crippen LogP contribution is -2.37. The quantitative estimate of drug-likeness (QED) is 0.459. The van der Waals surface area contributed by atoms with Gasteiger partial charge in [-0.1, -0.05) is 12.1 Å². The van der Waals surface area contributed by atoms with Gasteiger partial charge in [0.1, 0.15) is 5.82 Å². The zero-order chi connectivity index (χ0) is 23.7. The van der Waals surface area contributed by atoms with Crippen molar-refractivity contribution in [2.75, 3.05) is 6.54 Å². The number of carbonyl (C=O) groups excluding carboxylic acids is 2. The molecule has 1 aliphatic rings. The molecule has 174 valence electrons. The molecule has 0 fully saturated rings. The molecule has 1 N–H and O–H groups in total. The topological polar surface area (TPSA) is 80.1 Å². The molecule has 0 bridgehead atoms. The molecule has 0 saturated carbocycles. The zero-order valence-corrected chi connectivity index (χ0v) is 20.2. The number of pyridine rings is 1. The van der Waals surface area contributed by atoms with Gasteiger partial charge in [0, 0.05) is 55.4 Å². The van der Waals surface area contributed by atoms with Crippen LogP contribution in [0.1, 0.15) is 45.0 Å². The number of nitrogens with zero attached hydrogens (tertiary/aromatic N) is 4. The van der Waals surface area contributed by atoms with Crippen molar-refractivity contribution in [3.8, 4) is 0 Å². The minimum atomic E-state index is -0.0758. The van der Waals surface area contributed by atoms with Crippen LogP contribution < -0.4 is 5.32 Å². The van der Waals surface area contributed by atoms with E-state index in [9.17, 15) is 9.59 Å². The summed E-state index contributed by atoms with van der Waals surface area (Å²) in [6.07, 6.45) is 3.07. The highest BCUT2D eigenvalue weighted by Crippen LogP contribution is 2.25. The van der Waals surface area contributed by atoms with Crippen molar-refractivity contribution in [3.63, 3.8) is 0 Å². The molecule has 5 rings (SSSR count). The number of aryl methyl sites for hydroxylation is 3. The number of nitrogens with one attached hydrogen (secondary N) is 1. The van der Waals surface area contributed by atoms with Gasteiger partial charge in [0.15, 0.2) is 0 Å². The van der Waals surface area contributed by atoms with Crippen LogP contribution in [0.5, 0.6) is 0 Å². The van der Waals surface area contributed by atoms with Gasteiger partial charge in [0.05, 0.1) is 11.0 Å². The van der Waals surface area contributed by atoms with E-state index in [0.717, 1.165) is 40.1 Å². The number of hydrogen-bond acceptors (Lipinski definition) is 5. The van der Waals surface area contributed by atoms with Gasteiger partial charge in [-0.2, -0.15) is 11.3 Å². The third kappa shape index (κ3) is 4.33. The van der Waals surface area contributed by atoms with Crippen molar-refractivity contribution in [1.82, 2.24) is 24.8 Å². The predicted octanol–water partition coefficient (Wildman–Crippen LogP) is 4.01. The van der Waals surface area contributed by atoms with Gasteiger partial charge in [-0.25, -0.2) is 4.98 Å². The van der Waals surface area contributed by atoms with Crippen LogP contribution in [0, 0.1) is 13.8 Å². The molecule has 0 unspecified atom stereocenters. The standard InChI is InChI=1S/C26H27N5O2S/c1-17-22(14-28-26(33)19-9-12-34-16-19)21-7-10-30(15-20(21)13-27-17)25(32)8-11-31-18(2)29-23-5-3-4-6-24(23)31/h3-6,9,12-13,16H,7-8,10-11,14-15H2,1-2H3,(H,28,33). The lowest BCUT2D eigenvalue weighted by molar-refractivity contribution is -0.132. The number of rotatable bonds is 6. The summed E-state index contributed by atoms with van der Waals surface area (Å²) in [5.74, 6) is 0.982. The van der Waals surface area contributed by atoms with Gasteiger partial charge in [-0.05, 0) is 60.5 Å². The van der Waals surface area contributed by atoms with E-state index in [-0.39, 0.29) is 11.8 Å². The first-order valence-corrected chi connectivity index (χ1v) is 12.4. The molecule has 0 radical (unpaired) electrons. The molecule has 4 heterocycles. The molecule has 1 aliphatic heterocycles. The summed E-state index contributed by atoms with van der Waals surface area (Å²) in [6, 6.07) is 9.84. The summed E-state index contributed by atoms with van der Waals surface area (Å²) in [5, 5.41) is 6.76. The van der Waals surface area contributed by atoms with Crippen molar-refractivity contribution in [2.24, 2.45) is 0 Å². The number of amides is 2. The molecule has 0 atom stereocenters. The molecule has 34 heavy (non-hydrogen) atoms. The number of para-hydroxylation sites is 2. The van der Waals surface area contributed by atoms with Crippen molar-refractivity contribution in [2.45, 2.75) is 46.3 Å². The van der Waals surface area contributed by atoms with Crippen LogP contribution in [0.2, 0.25) is 0 Å². The Hall–Kier alpha value is -3.52. The second-order valence-corrected chi connectivity index (χ2v) is 9.42. The van der Waals surface area contributed by atoms with Gasteiger partial charge in [0.25, 0.3) is 5.91 Å². The fraction of sp³-hybridized carbons (Fsp3) is 0.308. The average molecular weight is 474 g/mol. The maximum Gasteiger partial charge on any atom is 0.252 e. The number of aromatic nitrogens is 3. The maximum atomic E-state index is 13.1. The smallest absolute Gasteiger partial charge is 0.252 e. The minimum Gasteiger partial charge on any atom is -0.348 e. The van der Waals surface area contributed by atoms with Crippen molar-refractivity contribution in [1.29, 1.82) is 0 Å². The Morgan fingerprint density at radius 2 is 2.03 bits per heavy atom.